The lowest BCUT2D eigenvalue weighted by molar-refractivity contribution is -0.151. The summed E-state index contributed by atoms with van der Waals surface area (Å²) >= 11 is 1.38. The number of nitrogens with zero attached hydrogens (tertiary/aromatic N) is 1. The Labute approximate surface area is 301 Å². The molecule has 1 fully saturated rings. The van der Waals surface area contributed by atoms with E-state index in [4.69, 9.17) is 4.74 Å². The number of carbonyl (C=O) groups excluding carboxylic acids is 4. The Bertz CT molecular complexity index is 1760. The summed E-state index contributed by atoms with van der Waals surface area (Å²) in [5.74, 6) is -3.76. The van der Waals surface area contributed by atoms with Gasteiger partial charge < -0.3 is 25.4 Å². The van der Waals surface area contributed by atoms with Crippen LogP contribution in [0.1, 0.15) is 46.9 Å². The number of hydrogen-bond donors (Lipinski definition) is 3. The average molecular weight is 708 g/mol. The number of rotatable bonds is 16. The van der Waals surface area contributed by atoms with E-state index in [0.717, 1.165) is 29.5 Å². The fourth-order valence-electron chi connectivity index (χ4n) is 5.99. The van der Waals surface area contributed by atoms with Crippen molar-refractivity contribution < 1.29 is 33.8 Å². The molecule has 1 heterocycles. The van der Waals surface area contributed by atoms with E-state index in [-0.39, 0.29) is 25.2 Å². The Balaban J connectivity index is 1.38. The summed E-state index contributed by atoms with van der Waals surface area (Å²) in [6, 6.07) is 33.8. The highest BCUT2D eigenvalue weighted by Crippen LogP contribution is 2.42. The van der Waals surface area contributed by atoms with Crippen molar-refractivity contribution in [2.75, 3.05) is 5.75 Å². The summed E-state index contributed by atoms with van der Waals surface area (Å²) in [4.78, 5) is 67.8. The molecule has 10 nitrogen and oxygen atoms in total. The van der Waals surface area contributed by atoms with Crippen LogP contribution in [0.4, 0.5) is 4.79 Å². The molecule has 4 aromatic rings. The first-order valence-electron chi connectivity index (χ1n) is 16.9. The fourth-order valence-corrected chi connectivity index (χ4v) is 7.43. The Hall–Kier alpha value is -5.42. The zero-order chi connectivity index (χ0) is 36.0. The molecule has 11 heteroatoms. The first kappa shape index (κ1) is 36.9. The van der Waals surface area contributed by atoms with Gasteiger partial charge in [0.2, 0.25) is 11.8 Å². The molecule has 1 aliphatic rings. The molecule has 264 valence electrons. The minimum absolute atomic E-state index is 0.0131. The molecule has 4 aromatic carbocycles. The number of ether oxygens (including phenoxy) is 1. The summed E-state index contributed by atoms with van der Waals surface area (Å²) in [5, 5.41) is 14.4. The SMILES string of the molecule is O=C(NC(CCCCc1ccccc1)C(=O)N1C(c2ccccc2)SC[C@H]1C(=O)N[C@@H](Cc1ccccc1)C(=O)C(=O)O)OCc1ccccc1. The maximum Gasteiger partial charge on any atom is 0.408 e. The van der Waals surface area contributed by atoms with Crippen LogP contribution < -0.4 is 10.6 Å². The number of carboxylic acids is 1. The van der Waals surface area contributed by atoms with Crippen molar-refractivity contribution in [2.45, 2.75) is 62.2 Å². The summed E-state index contributed by atoms with van der Waals surface area (Å²) in [6.45, 7) is 0.0131. The van der Waals surface area contributed by atoms with E-state index in [1.54, 1.807) is 30.3 Å². The number of nitrogens with one attached hydrogen (secondary N) is 2. The molecule has 0 saturated carbocycles. The third kappa shape index (κ3) is 10.5. The molecule has 5 rings (SSSR count). The number of Topliss-reactive ketones (excluding diaryl/α,β-unsaturated/α-hetero) is 1. The Morgan fingerprint density at radius 1 is 0.725 bits per heavy atom. The maximum absolute atomic E-state index is 14.6. The molecule has 51 heavy (non-hydrogen) atoms. The number of ketones is 1. The number of unbranched alkanes of at least 4 members (excludes halogenated alkanes) is 1. The number of thioether (sulfide) groups is 1. The standard InChI is InChI=1S/C40H41N3O7S/c44-35(39(47)48)33(25-29-18-7-2-8-19-29)41-36(45)34-27-51-38(31-22-11-4-12-23-31)43(34)37(46)32(24-14-13-17-28-15-5-1-6-16-28)42-40(49)50-26-30-20-9-3-10-21-30/h1-12,15-16,18-23,32-34,38H,13-14,17,24-27H2,(H,41,45)(H,42,49)(H,47,48)/t32?,33-,34-,38?/m0/s1. The van der Waals surface area contributed by atoms with Gasteiger partial charge in [0, 0.05) is 12.2 Å². The minimum atomic E-state index is -1.67. The number of alkyl carbamates (subject to hydrolysis) is 1. The summed E-state index contributed by atoms with van der Waals surface area (Å²) in [5.41, 5.74) is 3.40. The van der Waals surface area contributed by atoms with Crippen LogP contribution in [0.25, 0.3) is 0 Å². The van der Waals surface area contributed by atoms with Crippen LogP contribution in [-0.4, -0.2) is 63.5 Å². The first-order valence-corrected chi connectivity index (χ1v) is 18.0. The molecule has 0 aliphatic carbocycles. The molecule has 0 radical (unpaired) electrons. The molecular weight excluding hydrogens is 667 g/mol. The highest BCUT2D eigenvalue weighted by Gasteiger charge is 2.45. The zero-order valence-electron chi connectivity index (χ0n) is 28.1. The van der Waals surface area contributed by atoms with E-state index in [9.17, 15) is 29.1 Å². The average Bonchev–Trinajstić information content (AvgIpc) is 3.61. The third-order valence-corrected chi connectivity index (χ3v) is 9.95. The number of carbonyl (C=O) groups is 5. The predicted octanol–water partition coefficient (Wildman–Crippen LogP) is 5.72. The molecular formula is C40H41N3O7S. The van der Waals surface area contributed by atoms with Crippen molar-refractivity contribution >= 4 is 41.4 Å². The van der Waals surface area contributed by atoms with Gasteiger partial charge >= 0.3 is 12.1 Å². The van der Waals surface area contributed by atoms with Gasteiger partial charge in [-0.05, 0) is 41.5 Å². The molecule has 0 spiro atoms. The second-order valence-electron chi connectivity index (χ2n) is 12.3. The fraction of sp³-hybridized carbons (Fsp3) is 0.275. The van der Waals surface area contributed by atoms with Gasteiger partial charge in [0.05, 0.1) is 0 Å². The number of benzene rings is 4. The molecule has 1 aliphatic heterocycles. The van der Waals surface area contributed by atoms with Crippen LogP contribution in [0.15, 0.2) is 121 Å². The maximum atomic E-state index is 14.6. The molecule has 3 amide bonds. The highest BCUT2D eigenvalue weighted by atomic mass is 32.2. The Morgan fingerprint density at radius 2 is 1.29 bits per heavy atom. The van der Waals surface area contributed by atoms with Crippen molar-refractivity contribution in [1.82, 2.24) is 15.5 Å². The van der Waals surface area contributed by atoms with Crippen molar-refractivity contribution in [3.05, 3.63) is 144 Å². The predicted molar refractivity (Wildman–Crippen MR) is 195 cm³/mol. The Morgan fingerprint density at radius 3 is 1.90 bits per heavy atom. The van der Waals surface area contributed by atoms with Crippen molar-refractivity contribution in [3.63, 3.8) is 0 Å². The second-order valence-corrected chi connectivity index (χ2v) is 13.4. The smallest absolute Gasteiger partial charge is 0.408 e. The molecule has 1 saturated heterocycles. The number of hydrogen-bond acceptors (Lipinski definition) is 7. The van der Waals surface area contributed by atoms with Crippen LogP contribution in [0.2, 0.25) is 0 Å². The van der Waals surface area contributed by atoms with Crippen molar-refractivity contribution in [2.24, 2.45) is 0 Å². The topological polar surface area (TPSA) is 142 Å². The monoisotopic (exact) mass is 707 g/mol. The van der Waals surface area contributed by atoms with E-state index in [1.807, 2.05) is 91.0 Å². The van der Waals surface area contributed by atoms with Gasteiger partial charge in [0.15, 0.2) is 0 Å². The van der Waals surface area contributed by atoms with Gasteiger partial charge in [-0.15, -0.1) is 11.8 Å². The van der Waals surface area contributed by atoms with Gasteiger partial charge in [-0.2, -0.15) is 0 Å². The quantitative estimate of drug-likeness (QED) is 0.0993. The van der Waals surface area contributed by atoms with Crippen LogP contribution in [0, 0.1) is 0 Å². The van der Waals surface area contributed by atoms with Gasteiger partial charge in [-0.1, -0.05) is 128 Å². The normalized spacial score (nSPS) is 16.4. The van der Waals surface area contributed by atoms with E-state index < -0.39 is 53.2 Å². The number of amides is 3. The lowest BCUT2D eigenvalue weighted by Gasteiger charge is -2.33. The van der Waals surface area contributed by atoms with Gasteiger partial charge in [-0.25, -0.2) is 9.59 Å². The summed E-state index contributed by atoms with van der Waals surface area (Å²) in [7, 11) is 0. The van der Waals surface area contributed by atoms with Crippen LogP contribution >= 0.6 is 11.8 Å². The first-order chi connectivity index (χ1) is 24.8. The Kier molecular flexibility index (Phi) is 13.4. The molecule has 4 atom stereocenters. The van der Waals surface area contributed by atoms with Crippen molar-refractivity contribution in [1.29, 1.82) is 0 Å². The molecule has 0 bridgehead atoms. The van der Waals surface area contributed by atoms with Gasteiger partial charge in [-0.3, -0.25) is 14.4 Å². The number of aryl methyl sites for hydroxylation is 1. The van der Waals surface area contributed by atoms with Crippen LogP contribution in [0.5, 0.6) is 0 Å². The van der Waals surface area contributed by atoms with Gasteiger partial charge in [0.25, 0.3) is 5.78 Å². The number of aliphatic carboxylic acids is 1. The summed E-state index contributed by atoms with van der Waals surface area (Å²) < 4.78 is 5.49. The van der Waals surface area contributed by atoms with Crippen LogP contribution in [-0.2, 0) is 43.4 Å². The molecule has 3 N–H and O–H groups in total. The van der Waals surface area contributed by atoms with Crippen molar-refractivity contribution in [3.8, 4) is 0 Å². The second kappa shape index (κ2) is 18.5. The third-order valence-electron chi connectivity index (χ3n) is 8.62. The molecule has 2 unspecified atom stereocenters. The van der Waals surface area contributed by atoms with E-state index in [1.165, 1.54) is 16.7 Å². The zero-order valence-corrected chi connectivity index (χ0v) is 28.9. The van der Waals surface area contributed by atoms with Crippen LogP contribution in [0.3, 0.4) is 0 Å². The molecule has 0 aromatic heterocycles. The van der Waals surface area contributed by atoms with E-state index >= 15 is 0 Å². The van der Waals surface area contributed by atoms with E-state index in [2.05, 4.69) is 10.6 Å². The highest BCUT2D eigenvalue weighted by molar-refractivity contribution is 7.99. The minimum Gasteiger partial charge on any atom is -0.475 e. The lowest BCUT2D eigenvalue weighted by Crippen LogP contribution is -2.57. The largest absolute Gasteiger partial charge is 0.475 e. The number of carboxylic acid groups (broad SMARTS) is 1. The van der Waals surface area contributed by atoms with E-state index in [0.29, 0.717) is 12.0 Å². The lowest BCUT2D eigenvalue weighted by atomic mass is 10.0. The summed E-state index contributed by atoms with van der Waals surface area (Å²) in [6.07, 6.45) is 1.64. The van der Waals surface area contributed by atoms with Gasteiger partial charge in [0.1, 0.15) is 30.1 Å².